The average molecular weight is 226 g/mol. The van der Waals surface area contributed by atoms with Crippen LogP contribution in [0.2, 0.25) is 0 Å². The van der Waals surface area contributed by atoms with Crippen LogP contribution in [0.15, 0.2) is 9.54 Å². The Morgan fingerprint density at radius 3 is 2.71 bits per heavy atom. The van der Waals surface area contributed by atoms with Gasteiger partial charge in [0.25, 0.3) is 0 Å². The van der Waals surface area contributed by atoms with Gasteiger partial charge in [0.05, 0.1) is 0 Å². The molecular weight excluding hydrogens is 223 g/mol. The van der Waals surface area contributed by atoms with Crippen molar-refractivity contribution >= 4 is 35.1 Å². The Kier molecular flexibility index (Phi) is 1.52. The van der Waals surface area contributed by atoms with Crippen LogP contribution in [-0.4, -0.2) is 19.5 Å². The van der Waals surface area contributed by atoms with Crippen molar-refractivity contribution in [3.8, 4) is 0 Å². The molecule has 1 aromatic heterocycles. The van der Waals surface area contributed by atoms with E-state index in [0.717, 1.165) is 8.04 Å². The summed E-state index contributed by atoms with van der Waals surface area (Å²) in [7, 11) is 0. The van der Waals surface area contributed by atoms with E-state index >= 15 is 0 Å². The van der Waals surface area contributed by atoms with Crippen molar-refractivity contribution in [3.63, 3.8) is 0 Å². The summed E-state index contributed by atoms with van der Waals surface area (Å²) < 4.78 is 1.87. The summed E-state index contributed by atoms with van der Waals surface area (Å²) in [6.07, 6.45) is 1.75. The van der Waals surface area contributed by atoms with Crippen molar-refractivity contribution in [3.05, 3.63) is 9.54 Å². The quantitative estimate of drug-likeness (QED) is 0.653. The van der Waals surface area contributed by atoms with Gasteiger partial charge < -0.3 is 0 Å². The third-order valence-electron chi connectivity index (χ3n) is 0.495. The Labute approximate surface area is 55.6 Å². The van der Waals surface area contributed by atoms with Crippen LogP contribution in [-0.2, 0) is 0 Å². The first-order valence-electron chi connectivity index (χ1n) is 1.66. The second-order valence-electron chi connectivity index (χ2n) is 1.00. The first kappa shape index (κ1) is 5.35. The Morgan fingerprint density at radius 2 is 2.57 bits per heavy atom. The van der Waals surface area contributed by atoms with Gasteiger partial charge in [-0.05, 0) is 0 Å². The van der Waals surface area contributed by atoms with E-state index in [1.165, 1.54) is 0 Å². The molecule has 0 unspecified atom stereocenters. The minimum atomic E-state index is 0.292. The van der Waals surface area contributed by atoms with E-state index in [2.05, 4.69) is 20.9 Å². The van der Waals surface area contributed by atoms with E-state index in [0.29, 0.717) is 14.5 Å². The zero-order valence-corrected chi connectivity index (χ0v) is 6.69. The summed E-state index contributed by atoms with van der Waals surface area (Å²) in [6.45, 7) is 0. The molecule has 38 valence electrons. The van der Waals surface area contributed by atoms with E-state index in [4.69, 9.17) is 5.73 Å². The van der Waals surface area contributed by atoms with Crippen LogP contribution in [0.1, 0.15) is 0 Å². The number of anilines is 1. The van der Waals surface area contributed by atoms with Crippen LogP contribution in [0.3, 0.4) is 0 Å². The van der Waals surface area contributed by atoms with Crippen molar-refractivity contribution in [1.82, 2.24) is 4.98 Å². The molecule has 0 atom stereocenters. The molecular formula is C3H3BrN2Se. The van der Waals surface area contributed by atoms with Gasteiger partial charge in [0, 0.05) is 0 Å². The van der Waals surface area contributed by atoms with Gasteiger partial charge in [-0.2, -0.15) is 0 Å². The Morgan fingerprint density at radius 1 is 1.86 bits per heavy atom. The summed E-state index contributed by atoms with van der Waals surface area (Å²) in [5.74, 6) is 0. The fourth-order valence-corrected chi connectivity index (χ4v) is 2.09. The molecule has 0 bridgehead atoms. The van der Waals surface area contributed by atoms with E-state index in [-0.39, 0.29) is 0 Å². The number of nitrogens with zero attached hydrogens (tertiary/aromatic N) is 1. The number of nitrogen functional groups attached to an aromatic ring is 1. The predicted molar refractivity (Wildman–Crippen MR) is 33.3 cm³/mol. The summed E-state index contributed by atoms with van der Waals surface area (Å²) >= 11 is 3.56. The van der Waals surface area contributed by atoms with Crippen LogP contribution < -0.4 is 5.73 Å². The molecule has 0 aliphatic heterocycles. The third-order valence-corrected chi connectivity index (χ3v) is 2.83. The molecule has 0 aliphatic carbocycles. The Balaban J connectivity index is 3.04. The van der Waals surface area contributed by atoms with Crippen LogP contribution >= 0.6 is 15.9 Å². The zero-order chi connectivity index (χ0) is 5.28. The van der Waals surface area contributed by atoms with Gasteiger partial charge in [0.2, 0.25) is 0 Å². The molecule has 0 aliphatic rings. The van der Waals surface area contributed by atoms with Gasteiger partial charge in [0.15, 0.2) is 0 Å². The molecule has 0 fully saturated rings. The molecule has 2 nitrogen and oxygen atoms in total. The van der Waals surface area contributed by atoms with E-state index in [1.54, 1.807) is 6.20 Å². The molecule has 4 heteroatoms. The molecule has 1 heterocycles. The number of aromatic nitrogens is 1. The van der Waals surface area contributed by atoms with Gasteiger partial charge in [-0.25, -0.2) is 0 Å². The topological polar surface area (TPSA) is 38.9 Å². The zero-order valence-electron chi connectivity index (χ0n) is 3.39. The molecule has 0 amide bonds. The maximum atomic E-state index is 5.32. The SMILES string of the molecule is Nc1ncc(Br)[se]1. The molecule has 1 aromatic rings. The summed E-state index contributed by atoms with van der Waals surface area (Å²) in [4.78, 5) is 3.83. The van der Waals surface area contributed by atoms with E-state index < -0.39 is 0 Å². The first-order chi connectivity index (χ1) is 3.29. The predicted octanol–water partition coefficient (Wildman–Crippen LogP) is 0.483. The molecule has 0 saturated carbocycles. The average Bonchev–Trinajstić information content (AvgIpc) is 1.87. The monoisotopic (exact) mass is 226 g/mol. The van der Waals surface area contributed by atoms with Crippen LogP contribution in [0, 0.1) is 0 Å². The van der Waals surface area contributed by atoms with Crippen LogP contribution in [0.5, 0.6) is 0 Å². The normalized spacial score (nSPS) is 9.29. The fraction of sp³-hybridized carbons (Fsp3) is 0. The van der Waals surface area contributed by atoms with Gasteiger partial charge in [0.1, 0.15) is 0 Å². The molecule has 0 radical (unpaired) electrons. The van der Waals surface area contributed by atoms with E-state index in [1.807, 2.05) is 0 Å². The van der Waals surface area contributed by atoms with Gasteiger partial charge >= 0.3 is 55.4 Å². The van der Waals surface area contributed by atoms with Gasteiger partial charge in [-0.15, -0.1) is 0 Å². The summed E-state index contributed by atoms with van der Waals surface area (Å²) in [6, 6.07) is 0. The maximum absolute atomic E-state index is 5.32. The van der Waals surface area contributed by atoms with Crippen molar-refractivity contribution < 1.29 is 0 Å². The second-order valence-corrected chi connectivity index (χ2v) is 5.27. The Bertz CT molecular complexity index is 145. The molecule has 1 rings (SSSR count). The number of nitrogens with two attached hydrogens (primary N) is 1. The minimum absolute atomic E-state index is 0.292. The summed E-state index contributed by atoms with van der Waals surface area (Å²) in [5, 5.41) is 0. The number of hydrogen-bond donors (Lipinski definition) is 1. The van der Waals surface area contributed by atoms with Crippen molar-refractivity contribution in [2.24, 2.45) is 0 Å². The standard InChI is InChI=1S/C3H3BrN2Se/c4-2-1-6-3(5)7-2/h1H,(H2,5,6). The Hall–Kier alpha value is 0.209. The third kappa shape index (κ3) is 1.30. The van der Waals surface area contributed by atoms with Crippen LogP contribution in [0.25, 0.3) is 0 Å². The van der Waals surface area contributed by atoms with Crippen molar-refractivity contribution in [2.75, 3.05) is 5.73 Å². The number of halogens is 1. The molecule has 0 aromatic carbocycles. The molecule has 2 N–H and O–H groups in total. The van der Waals surface area contributed by atoms with Crippen LogP contribution in [0.4, 0.5) is 4.69 Å². The fourth-order valence-electron chi connectivity index (χ4n) is 0.267. The van der Waals surface area contributed by atoms with Gasteiger partial charge in [-0.1, -0.05) is 0 Å². The van der Waals surface area contributed by atoms with Crippen molar-refractivity contribution in [1.29, 1.82) is 0 Å². The van der Waals surface area contributed by atoms with E-state index in [9.17, 15) is 0 Å². The number of hydrogen-bond acceptors (Lipinski definition) is 2. The molecule has 0 saturated heterocycles. The summed E-state index contributed by atoms with van der Waals surface area (Å²) in [5.41, 5.74) is 5.32. The molecule has 7 heavy (non-hydrogen) atoms. The second kappa shape index (κ2) is 1.99. The number of rotatable bonds is 0. The van der Waals surface area contributed by atoms with Crippen molar-refractivity contribution in [2.45, 2.75) is 0 Å². The first-order valence-corrected chi connectivity index (χ1v) is 4.16. The van der Waals surface area contributed by atoms with Gasteiger partial charge in [-0.3, -0.25) is 0 Å². The molecule has 0 spiro atoms.